The normalized spacial score (nSPS) is 14.7. The Morgan fingerprint density at radius 2 is 2.23 bits per heavy atom. The van der Waals surface area contributed by atoms with Crippen LogP contribution in [0.15, 0.2) is 10.9 Å². The van der Waals surface area contributed by atoms with Crippen molar-refractivity contribution in [1.82, 2.24) is 14.9 Å². The molecule has 3 rings (SSSR count). The Kier molecular flexibility index (Phi) is 3.42. The van der Waals surface area contributed by atoms with Gasteiger partial charge in [0.05, 0.1) is 18.3 Å². The molecule has 22 heavy (non-hydrogen) atoms. The molecule has 2 heterocycles. The van der Waals surface area contributed by atoms with Crippen molar-refractivity contribution in [3.05, 3.63) is 27.7 Å². The third-order valence-electron chi connectivity index (χ3n) is 3.72. The third-order valence-corrected chi connectivity index (χ3v) is 3.72. The molecular weight excluding hydrogens is 284 g/mol. The smallest absolute Gasteiger partial charge is 0.378 e. The molecule has 2 aromatic heterocycles. The summed E-state index contributed by atoms with van der Waals surface area (Å²) in [5, 5.41) is 16.2. The van der Waals surface area contributed by atoms with E-state index in [9.17, 15) is 14.7 Å². The van der Waals surface area contributed by atoms with Crippen LogP contribution in [0.1, 0.15) is 42.7 Å². The fourth-order valence-corrected chi connectivity index (χ4v) is 2.56. The molecule has 1 fully saturated rings. The van der Waals surface area contributed by atoms with Crippen LogP contribution in [0.5, 0.6) is 5.88 Å². The lowest BCUT2D eigenvalue weighted by Crippen LogP contribution is -2.45. The summed E-state index contributed by atoms with van der Waals surface area (Å²) >= 11 is 0. The minimum Gasteiger partial charge on any atom is -0.477 e. The van der Waals surface area contributed by atoms with Crippen molar-refractivity contribution in [1.29, 1.82) is 0 Å². The minimum atomic E-state index is -0.529. The Morgan fingerprint density at radius 1 is 1.55 bits per heavy atom. The molecule has 7 heteroatoms. The molecule has 1 amide bonds. The molecule has 0 aromatic carbocycles. The first-order chi connectivity index (χ1) is 10.4. The molecule has 1 aliphatic carbocycles. The first kappa shape index (κ1) is 14.6. The Morgan fingerprint density at radius 3 is 2.82 bits per heavy atom. The van der Waals surface area contributed by atoms with Crippen LogP contribution in [0.2, 0.25) is 0 Å². The Labute approximate surface area is 127 Å². The molecule has 1 aliphatic rings. The monoisotopic (exact) mass is 305 g/mol. The molecule has 0 saturated heterocycles. The maximum Gasteiger partial charge on any atom is 0.378 e. The summed E-state index contributed by atoms with van der Waals surface area (Å²) < 4.78 is 2.93. The number of aryl methyl sites for hydroxylation is 1. The van der Waals surface area contributed by atoms with E-state index in [2.05, 4.69) is 10.4 Å². The van der Waals surface area contributed by atoms with Crippen LogP contribution < -0.4 is 15.4 Å². The van der Waals surface area contributed by atoms with Crippen molar-refractivity contribution >= 4 is 11.6 Å². The summed E-state index contributed by atoms with van der Waals surface area (Å²) in [6.07, 6.45) is 1.84. The largest absolute Gasteiger partial charge is 0.477 e. The lowest BCUT2D eigenvalue weighted by atomic mass is 10.2. The molecule has 0 aliphatic heterocycles. The number of nitrogens with one attached hydrogen (secondary N) is 2. The number of hydrogen-bond donors (Lipinski definition) is 3. The number of fused-ring (bicyclic) bond motifs is 1. The van der Waals surface area contributed by atoms with Gasteiger partial charge in [-0.3, -0.25) is 4.79 Å². The second kappa shape index (κ2) is 5.15. The quantitative estimate of drug-likeness (QED) is 0.718. The summed E-state index contributed by atoms with van der Waals surface area (Å²) in [5.41, 5.74) is 0.607. The van der Waals surface area contributed by atoms with Crippen molar-refractivity contribution < 1.29 is 14.5 Å². The molecule has 0 unspecified atom stereocenters. The van der Waals surface area contributed by atoms with E-state index in [1.807, 2.05) is 20.8 Å². The molecule has 2 aromatic rings. The zero-order chi connectivity index (χ0) is 16.0. The van der Waals surface area contributed by atoms with Gasteiger partial charge in [0.1, 0.15) is 0 Å². The van der Waals surface area contributed by atoms with Crippen molar-refractivity contribution in [3.63, 3.8) is 0 Å². The van der Waals surface area contributed by atoms with E-state index in [0.717, 1.165) is 18.5 Å². The van der Waals surface area contributed by atoms with Gasteiger partial charge in [-0.05, 0) is 25.7 Å². The standard InChI is InChI=1S/C15H20N4O3/c1-8(2)7-18-11-6-9(3)17-19(11)15(22)12(14(18)21)13(20)16-10-4-5-10/h6,8,10H,4-5,7H2,1-3H3,(H2,16,20,21,22)/p+1. The number of amides is 1. The predicted octanol–water partition coefficient (Wildman–Crippen LogP) is 0.477. The molecule has 3 N–H and O–H groups in total. The van der Waals surface area contributed by atoms with E-state index in [0.29, 0.717) is 12.2 Å². The Bertz CT molecular complexity index is 799. The van der Waals surface area contributed by atoms with E-state index in [1.165, 1.54) is 4.52 Å². The number of H-pyrrole nitrogens is 1. The van der Waals surface area contributed by atoms with Gasteiger partial charge in [-0.1, -0.05) is 18.4 Å². The average Bonchev–Trinajstić information content (AvgIpc) is 3.14. The van der Waals surface area contributed by atoms with E-state index in [-0.39, 0.29) is 23.4 Å². The van der Waals surface area contributed by atoms with E-state index < -0.39 is 11.5 Å². The highest BCUT2D eigenvalue weighted by molar-refractivity contribution is 5.96. The second-order valence-corrected chi connectivity index (χ2v) is 6.39. The zero-order valence-electron chi connectivity index (χ0n) is 13.0. The maximum absolute atomic E-state index is 12.5. The van der Waals surface area contributed by atoms with Crippen LogP contribution >= 0.6 is 0 Å². The van der Waals surface area contributed by atoms with E-state index >= 15 is 0 Å². The van der Waals surface area contributed by atoms with Gasteiger partial charge in [-0.2, -0.15) is 4.57 Å². The summed E-state index contributed by atoms with van der Waals surface area (Å²) in [7, 11) is 0. The Balaban J connectivity index is 2.21. The fraction of sp³-hybridized carbons (Fsp3) is 0.533. The topological polar surface area (TPSA) is 90.5 Å². The SMILES string of the molecule is Cc1cc2n([nH]1)c(=O)c(C(=O)NC1CC1)c(O)[n+]2CC(C)C. The first-order valence-electron chi connectivity index (χ1n) is 7.56. The van der Waals surface area contributed by atoms with Crippen LogP contribution in [-0.2, 0) is 6.54 Å². The van der Waals surface area contributed by atoms with Gasteiger partial charge in [0.2, 0.25) is 5.56 Å². The second-order valence-electron chi connectivity index (χ2n) is 6.39. The van der Waals surface area contributed by atoms with Gasteiger partial charge in [0.25, 0.3) is 5.91 Å². The summed E-state index contributed by atoms with van der Waals surface area (Å²) in [6.45, 7) is 6.36. The Hall–Kier alpha value is -2.31. The number of aromatic amines is 1. The van der Waals surface area contributed by atoms with Gasteiger partial charge in [0, 0.05) is 6.04 Å². The number of aromatic hydroxyl groups is 1. The van der Waals surface area contributed by atoms with Gasteiger partial charge in [-0.15, -0.1) is 0 Å². The lowest BCUT2D eigenvalue weighted by molar-refractivity contribution is -0.686. The van der Waals surface area contributed by atoms with Gasteiger partial charge < -0.3 is 10.4 Å². The van der Waals surface area contributed by atoms with Gasteiger partial charge >= 0.3 is 17.1 Å². The van der Waals surface area contributed by atoms with Gasteiger partial charge in [-0.25, -0.2) is 9.89 Å². The number of hydrogen-bond acceptors (Lipinski definition) is 3. The van der Waals surface area contributed by atoms with E-state index in [4.69, 9.17) is 0 Å². The summed E-state index contributed by atoms with van der Waals surface area (Å²) in [5.74, 6) is -0.522. The number of nitrogens with zero attached hydrogens (tertiary/aromatic N) is 2. The fourth-order valence-electron chi connectivity index (χ4n) is 2.56. The first-order valence-corrected chi connectivity index (χ1v) is 7.56. The number of carbonyl (C=O) groups is 1. The zero-order valence-corrected chi connectivity index (χ0v) is 13.0. The number of aromatic nitrogens is 3. The van der Waals surface area contributed by atoms with Crippen LogP contribution in [0.25, 0.3) is 5.65 Å². The molecule has 0 bridgehead atoms. The highest BCUT2D eigenvalue weighted by Gasteiger charge is 2.33. The van der Waals surface area contributed by atoms with Crippen molar-refractivity contribution in [2.45, 2.75) is 46.2 Å². The molecule has 0 spiro atoms. The van der Waals surface area contributed by atoms with Crippen LogP contribution in [0, 0.1) is 12.8 Å². The number of rotatable bonds is 4. The maximum atomic E-state index is 12.5. The predicted molar refractivity (Wildman–Crippen MR) is 79.9 cm³/mol. The highest BCUT2D eigenvalue weighted by atomic mass is 16.3. The molecule has 118 valence electrons. The van der Waals surface area contributed by atoms with Crippen LogP contribution in [0.3, 0.4) is 0 Å². The van der Waals surface area contributed by atoms with Gasteiger partial charge in [0.15, 0.2) is 0 Å². The molecule has 7 nitrogen and oxygen atoms in total. The minimum absolute atomic E-state index is 0.121. The van der Waals surface area contributed by atoms with Crippen molar-refractivity contribution in [2.75, 3.05) is 0 Å². The summed E-state index contributed by atoms with van der Waals surface area (Å²) in [4.78, 5) is 24.9. The molecule has 0 atom stereocenters. The average molecular weight is 305 g/mol. The van der Waals surface area contributed by atoms with Crippen molar-refractivity contribution in [3.8, 4) is 5.88 Å². The third kappa shape index (κ3) is 2.47. The van der Waals surface area contributed by atoms with Crippen LogP contribution in [0.4, 0.5) is 0 Å². The van der Waals surface area contributed by atoms with E-state index in [1.54, 1.807) is 10.6 Å². The number of carbonyl (C=O) groups excluding carboxylic acids is 1. The highest BCUT2D eigenvalue weighted by Crippen LogP contribution is 2.20. The van der Waals surface area contributed by atoms with Crippen molar-refractivity contribution in [2.24, 2.45) is 5.92 Å². The molecule has 0 radical (unpaired) electrons. The summed E-state index contributed by atoms with van der Waals surface area (Å²) in [6, 6.07) is 1.91. The lowest BCUT2D eigenvalue weighted by Gasteiger charge is -2.09. The molecular formula is C15H21N4O3+. The molecule has 1 saturated carbocycles. The van der Waals surface area contributed by atoms with Crippen LogP contribution in [-0.4, -0.2) is 26.7 Å².